The molecule has 0 unspecified atom stereocenters. The summed E-state index contributed by atoms with van der Waals surface area (Å²) in [7, 11) is 1.59. The van der Waals surface area contributed by atoms with Crippen LogP contribution in [0.5, 0.6) is 5.75 Å². The molecule has 4 N–H and O–H groups in total. The number of nitrogens with two attached hydrogens (primary N) is 1. The summed E-state index contributed by atoms with van der Waals surface area (Å²) in [6.07, 6.45) is 2.43. The fourth-order valence-electron chi connectivity index (χ4n) is 2.46. The Morgan fingerprint density at radius 3 is 2.38 bits per heavy atom. The van der Waals surface area contributed by atoms with Crippen molar-refractivity contribution in [2.75, 3.05) is 23.5 Å². The van der Waals surface area contributed by atoms with E-state index in [9.17, 15) is 0 Å². The van der Waals surface area contributed by atoms with E-state index in [-0.39, 0.29) is 0 Å². The maximum atomic E-state index is 6.24. The van der Waals surface area contributed by atoms with Gasteiger partial charge in [-0.05, 0) is 42.3 Å². The summed E-state index contributed by atoms with van der Waals surface area (Å²) in [6, 6.07) is 13.4. The van der Waals surface area contributed by atoms with Crippen molar-refractivity contribution in [2.45, 2.75) is 13.3 Å². The fraction of sp³-hybridized carbons (Fsp3) is 0.158. The zero-order chi connectivity index (χ0) is 18.5. The normalized spacial score (nSPS) is 10.4. The van der Waals surface area contributed by atoms with Gasteiger partial charge in [0.1, 0.15) is 17.8 Å². The van der Waals surface area contributed by atoms with Gasteiger partial charge in [-0.15, -0.1) is 0 Å². The van der Waals surface area contributed by atoms with Gasteiger partial charge in [0.2, 0.25) is 0 Å². The van der Waals surface area contributed by atoms with Crippen molar-refractivity contribution in [3.8, 4) is 5.75 Å². The van der Waals surface area contributed by atoms with Crippen LogP contribution in [-0.4, -0.2) is 17.1 Å². The second kappa shape index (κ2) is 7.93. The van der Waals surface area contributed by atoms with Gasteiger partial charge < -0.3 is 21.1 Å². The molecule has 0 radical (unpaired) electrons. The molecule has 0 saturated heterocycles. The highest BCUT2D eigenvalue weighted by Crippen LogP contribution is 2.33. The van der Waals surface area contributed by atoms with Crippen molar-refractivity contribution in [2.24, 2.45) is 0 Å². The molecule has 7 heteroatoms. The van der Waals surface area contributed by atoms with Crippen LogP contribution in [0.4, 0.5) is 28.7 Å². The minimum absolute atomic E-state index is 0.397. The molecule has 1 aromatic heterocycles. The van der Waals surface area contributed by atoms with Crippen molar-refractivity contribution < 1.29 is 4.74 Å². The SMILES string of the molecule is CCc1ccc(Nc2ncnc(Nc3cc(Cl)ccc3OC)c2N)cc1. The molecule has 26 heavy (non-hydrogen) atoms. The smallest absolute Gasteiger partial charge is 0.159 e. The number of ether oxygens (including phenoxy) is 1. The number of rotatable bonds is 6. The number of aromatic nitrogens is 2. The molecular weight excluding hydrogens is 350 g/mol. The van der Waals surface area contributed by atoms with E-state index in [2.05, 4.69) is 39.7 Å². The molecule has 134 valence electrons. The molecule has 1 heterocycles. The summed E-state index contributed by atoms with van der Waals surface area (Å²) >= 11 is 6.07. The van der Waals surface area contributed by atoms with Gasteiger partial charge in [0.25, 0.3) is 0 Å². The van der Waals surface area contributed by atoms with Crippen molar-refractivity contribution in [3.63, 3.8) is 0 Å². The maximum Gasteiger partial charge on any atom is 0.159 e. The molecule has 0 fully saturated rings. The number of nitrogens with one attached hydrogen (secondary N) is 2. The zero-order valence-corrected chi connectivity index (χ0v) is 15.3. The first-order chi connectivity index (χ1) is 12.6. The van der Waals surface area contributed by atoms with Crippen LogP contribution in [0.25, 0.3) is 0 Å². The van der Waals surface area contributed by atoms with E-state index in [0.717, 1.165) is 12.1 Å². The maximum absolute atomic E-state index is 6.24. The molecule has 0 amide bonds. The lowest BCUT2D eigenvalue weighted by Crippen LogP contribution is -2.05. The standard InChI is InChI=1S/C19H20ClN5O/c1-3-12-4-7-14(8-5-12)24-18-17(21)19(23-11-22-18)25-15-10-13(20)6-9-16(15)26-2/h4-11H,3,21H2,1-2H3,(H2,22,23,24,25). The molecule has 0 bridgehead atoms. The van der Waals surface area contributed by atoms with Gasteiger partial charge in [-0.25, -0.2) is 9.97 Å². The molecule has 3 aromatic rings. The molecule has 3 rings (SSSR count). The molecule has 6 nitrogen and oxygen atoms in total. The molecule has 0 saturated carbocycles. The highest BCUT2D eigenvalue weighted by molar-refractivity contribution is 6.31. The molecule has 0 aliphatic carbocycles. The average molecular weight is 370 g/mol. The van der Waals surface area contributed by atoms with E-state index in [1.54, 1.807) is 25.3 Å². The lowest BCUT2D eigenvalue weighted by molar-refractivity contribution is 0.417. The van der Waals surface area contributed by atoms with Crippen LogP contribution in [0.1, 0.15) is 12.5 Å². The predicted molar refractivity (Wildman–Crippen MR) is 107 cm³/mol. The first-order valence-corrected chi connectivity index (χ1v) is 8.55. The monoisotopic (exact) mass is 369 g/mol. The average Bonchev–Trinajstić information content (AvgIpc) is 2.66. The summed E-state index contributed by atoms with van der Waals surface area (Å²) < 4.78 is 5.34. The largest absolute Gasteiger partial charge is 0.495 e. The van der Waals surface area contributed by atoms with Gasteiger partial charge in [0, 0.05) is 10.7 Å². The van der Waals surface area contributed by atoms with E-state index in [4.69, 9.17) is 22.1 Å². The number of nitrogens with zero attached hydrogens (tertiary/aromatic N) is 2. The Morgan fingerprint density at radius 1 is 1.04 bits per heavy atom. The van der Waals surface area contributed by atoms with Crippen LogP contribution in [0.2, 0.25) is 5.02 Å². The van der Waals surface area contributed by atoms with Crippen molar-refractivity contribution in [1.82, 2.24) is 9.97 Å². The van der Waals surface area contributed by atoms with Crippen LogP contribution in [-0.2, 0) is 6.42 Å². The Kier molecular flexibility index (Phi) is 5.43. The Labute approximate surface area is 157 Å². The number of nitrogen functional groups attached to an aromatic ring is 1. The minimum Gasteiger partial charge on any atom is -0.495 e. The molecule has 0 atom stereocenters. The number of hydrogen-bond acceptors (Lipinski definition) is 6. The first kappa shape index (κ1) is 17.8. The number of halogens is 1. The summed E-state index contributed by atoms with van der Waals surface area (Å²) in [4.78, 5) is 8.46. The highest BCUT2D eigenvalue weighted by atomic mass is 35.5. The molecule has 0 spiro atoms. The van der Waals surface area contributed by atoms with E-state index >= 15 is 0 Å². The van der Waals surface area contributed by atoms with E-state index in [0.29, 0.717) is 33.8 Å². The second-order valence-corrected chi connectivity index (χ2v) is 6.07. The van der Waals surface area contributed by atoms with Gasteiger partial charge in [-0.1, -0.05) is 30.7 Å². The van der Waals surface area contributed by atoms with Crippen LogP contribution in [0, 0.1) is 0 Å². The topological polar surface area (TPSA) is 85.1 Å². The number of methoxy groups -OCH3 is 1. The first-order valence-electron chi connectivity index (χ1n) is 8.17. The minimum atomic E-state index is 0.397. The van der Waals surface area contributed by atoms with Crippen LogP contribution < -0.4 is 21.1 Å². The third kappa shape index (κ3) is 3.97. The lowest BCUT2D eigenvalue weighted by atomic mass is 10.1. The van der Waals surface area contributed by atoms with Gasteiger partial charge in [-0.3, -0.25) is 0 Å². The molecule has 0 aliphatic rings. The van der Waals surface area contributed by atoms with E-state index in [1.807, 2.05) is 12.1 Å². The number of benzene rings is 2. The van der Waals surface area contributed by atoms with Gasteiger partial charge in [0.15, 0.2) is 11.6 Å². The van der Waals surface area contributed by atoms with Gasteiger partial charge in [0.05, 0.1) is 12.8 Å². The molecule has 2 aromatic carbocycles. The van der Waals surface area contributed by atoms with Crippen LogP contribution in [0.15, 0.2) is 48.8 Å². The molecule has 0 aliphatic heterocycles. The third-order valence-electron chi connectivity index (χ3n) is 3.92. The van der Waals surface area contributed by atoms with Crippen LogP contribution >= 0.6 is 11.6 Å². The van der Waals surface area contributed by atoms with E-state index in [1.165, 1.54) is 11.9 Å². The third-order valence-corrected chi connectivity index (χ3v) is 4.16. The quantitative estimate of drug-likeness (QED) is 0.580. The van der Waals surface area contributed by atoms with Crippen molar-refractivity contribution in [3.05, 3.63) is 59.4 Å². The second-order valence-electron chi connectivity index (χ2n) is 5.63. The summed E-state index contributed by atoms with van der Waals surface area (Å²) in [6.45, 7) is 2.12. The summed E-state index contributed by atoms with van der Waals surface area (Å²) in [5.74, 6) is 1.62. The van der Waals surface area contributed by atoms with E-state index < -0.39 is 0 Å². The fourth-order valence-corrected chi connectivity index (χ4v) is 2.63. The summed E-state index contributed by atoms with van der Waals surface area (Å²) in [5, 5.41) is 6.95. The van der Waals surface area contributed by atoms with Crippen molar-refractivity contribution >= 4 is 40.3 Å². The van der Waals surface area contributed by atoms with Crippen molar-refractivity contribution in [1.29, 1.82) is 0 Å². The Morgan fingerprint density at radius 2 is 1.73 bits per heavy atom. The number of anilines is 5. The van der Waals surface area contributed by atoms with Crippen LogP contribution in [0.3, 0.4) is 0 Å². The Hall–Kier alpha value is -2.99. The number of hydrogen-bond donors (Lipinski definition) is 3. The van der Waals surface area contributed by atoms with Gasteiger partial charge >= 0.3 is 0 Å². The highest BCUT2D eigenvalue weighted by Gasteiger charge is 2.11. The Bertz CT molecular complexity index is 899. The van der Waals surface area contributed by atoms with Gasteiger partial charge in [-0.2, -0.15) is 0 Å². The zero-order valence-electron chi connectivity index (χ0n) is 14.6. The Balaban J connectivity index is 1.86. The molecular formula is C19H20ClN5O. The summed E-state index contributed by atoms with van der Waals surface area (Å²) in [5.41, 5.74) is 9.48. The predicted octanol–water partition coefficient (Wildman–Crippen LogP) is 4.77. The number of aryl methyl sites for hydroxylation is 1. The lowest BCUT2D eigenvalue weighted by Gasteiger charge is -2.14.